The fraction of sp³-hybridized carbons (Fsp3) is 0.583. The van der Waals surface area contributed by atoms with Gasteiger partial charge in [-0.2, -0.15) is 11.8 Å². The van der Waals surface area contributed by atoms with E-state index in [1.807, 2.05) is 11.8 Å². The zero-order valence-electron chi connectivity index (χ0n) is 11.0. The Kier molecular flexibility index (Phi) is 4.26. The van der Waals surface area contributed by atoms with E-state index < -0.39 is 4.92 Å². The Morgan fingerprint density at radius 2 is 2.16 bits per heavy atom. The molecule has 0 amide bonds. The molecule has 7 heteroatoms. The van der Waals surface area contributed by atoms with Crippen molar-refractivity contribution in [3.05, 3.63) is 28.1 Å². The Hall–Kier alpha value is -1.34. The fourth-order valence-corrected chi connectivity index (χ4v) is 3.74. The van der Waals surface area contributed by atoms with Crippen molar-refractivity contribution in [1.29, 1.82) is 0 Å². The average molecular weight is 283 g/mol. The van der Waals surface area contributed by atoms with E-state index >= 15 is 0 Å². The van der Waals surface area contributed by atoms with Gasteiger partial charge in [-0.25, -0.2) is 0 Å². The van der Waals surface area contributed by atoms with Crippen molar-refractivity contribution in [2.24, 2.45) is 0 Å². The summed E-state index contributed by atoms with van der Waals surface area (Å²) < 4.78 is 0. The van der Waals surface area contributed by atoms with E-state index in [9.17, 15) is 14.9 Å². The van der Waals surface area contributed by atoms with Gasteiger partial charge in [-0.3, -0.25) is 19.8 Å². The second-order valence-corrected chi connectivity index (χ2v) is 6.78. The molecule has 1 aromatic rings. The van der Waals surface area contributed by atoms with Gasteiger partial charge in [-0.1, -0.05) is 13.8 Å². The summed E-state index contributed by atoms with van der Waals surface area (Å²) in [7, 11) is 0. The maximum absolute atomic E-state index is 12.1. The first kappa shape index (κ1) is 14.1. The van der Waals surface area contributed by atoms with Crippen LogP contribution in [0, 0.1) is 10.1 Å². The van der Waals surface area contributed by atoms with Gasteiger partial charge >= 0.3 is 0 Å². The van der Waals surface area contributed by atoms with Crippen LogP contribution in [0.4, 0.5) is 5.69 Å². The Labute approximate surface area is 115 Å². The van der Waals surface area contributed by atoms with E-state index in [1.54, 1.807) is 0 Å². The highest BCUT2D eigenvalue weighted by molar-refractivity contribution is 8.00. The zero-order valence-corrected chi connectivity index (χ0v) is 11.8. The number of aromatic nitrogens is 1. The van der Waals surface area contributed by atoms with Gasteiger partial charge < -0.3 is 4.98 Å². The topological polar surface area (TPSA) is 79.2 Å². The van der Waals surface area contributed by atoms with Crippen LogP contribution in [-0.4, -0.2) is 50.7 Å². The summed E-state index contributed by atoms with van der Waals surface area (Å²) in [6.45, 7) is 6.37. The number of H-pyrrole nitrogens is 1. The van der Waals surface area contributed by atoms with Gasteiger partial charge in [-0.05, 0) is 0 Å². The van der Waals surface area contributed by atoms with Crippen molar-refractivity contribution in [3.63, 3.8) is 0 Å². The predicted octanol–water partition coefficient (Wildman–Crippen LogP) is 1.93. The SMILES string of the molecule is CC1CN(CC(=O)c2cc([N+](=O)[O-])c[nH]2)CC(C)S1. The van der Waals surface area contributed by atoms with Crippen molar-refractivity contribution >= 4 is 23.2 Å². The van der Waals surface area contributed by atoms with Crippen LogP contribution in [0.3, 0.4) is 0 Å². The summed E-state index contributed by atoms with van der Waals surface area (Å²) in [4.78, 5) is 26.9. The van der Waals surface area contributed by atoms with Crippen LogP contribution in [0.5, 0.6) is 0 Å². The molecule has 104 valence electrons. The molecule has 1 aliphatic rings. The van der Waals surface area contributed by atoms with Crippen LogP contribution >= 0.6 is 11.8 Å². The average Bonchev–Trinajstić information content (AvgIpc) is 2.76. The maximum atomic E-state index is 12.1. The minimum absolute atomic E-state index is 0.0701. The Bertz CT molecular complexity index is 478. The highest BCUT2D eigenvalue weighted by atomic mass is 32.2. The van der Waals surface area contributed by atoms with Crippen LogP contribution in [0.15, 0.2) is 12.3 Å². The molecule has 2 rings (SSSR count). The van der Waals surface area contributed by atoms with E-state index in [-0.39, 0.29) is 11.5 Å². The van der Waals surface area contributed by atoms with E-state index in [4.69, 9.17) is 0 Å². The number of carbonyl (C=O) groups excluding carboxylic acids is 1. The molecule has 6 nitrogen and oxygen atoms in total. The number of nitrogens with one attached hydrogen (secondary N) is 1. The number of Topliss-reactive ketones (excluding diaryl/α,β-unsaturated/α-hetero) is 1. The lowest BCUT2D eigenvalue weighted by Gasteiger charge is -2.33. The second-order valence-electron chi connectivity index (χ2n) is 4.90. The molecule has 1 saturated heterocycles. The molecule has 2 unspecified atom stereocenters. The van der Waals surface area contributed by atoms with Crippen LogP contribution in [0.2, 0.25) is 0 Å². The van der Waals surface area contributed by atoms with Gasteiger partial charge in [0.05, 0.1) is 23.4 Å². The lowest BCUT2D eigenvalue weighted by Crippen LogP contribution is -2.43. The van der Waals surface area contributed by atoms with Gasteiger partial charge in [0, 0.05) is 29.7 Å². The van der Waals surface area contributed by atoms with Crippen molar-refractivity contribution in [1.82, 2.24) is 9.88 Å². The minimum atomic E-state index is -0.505. The molecule has 0 radical (unpaired) electrons. The molecular weight excluding hydrogens is 266 g/mol. The minimum Gasteiger partial charge on any atom is -0.353 e. The number of ketones is 1. The zero-order chi connectivity index (χ0) is 14.0. The first-order chi connectivity index (χ1) is 8.95. The molecule has 1 N–H and O–H groups in total. The highest BCUT2D eigenvalue weighted by Crippen LogP contribution is 2.24. The predicted molar refractivity (Wildman–Crippen MR) is 74.7 cm³/mol. The lowest BCUT2D eigenvalue weighted by molar-refractivity contribution is -0.384. The van der Waals surface area contributed by atoms with E-state index in [1.165, 1.54) is 12.3 Å². The summed E-state index contributed by atoms with van der Waals surface area (Å²) in [5, 5.41) is 11.6. The van der Waals surface area contributed by atoms with Crippen molar-refractivity contribution in [2.75, 3.05) is 19.6 Å². The number of hydrogen-bond donors (Lipinski definition) is 1. The van der Waals surface area contributed by atoms with Crippen LogP contribution in [0.25, 0.3) is 0 Å². The number of carbonyl (C=O) groups is 1. The molecule has 0 aliphatic carbocycles. The third-order valence-corrected chi connectivity index (χ3v) is 4.27. The van der Waals surface area contributed by atoms with Gasteiger partial charge in [0.1, 0.15) is 0 Å². The first-order valence-electron chi connectivity index (χ1n) is 6.19. The van der Waals surface area contributed by atoms with Crippen molar-refractivity contribution in [3.8, 4) is 0 Å². The summed E-state index contributed by atoms with van der Waals surface area (Å²) in [5.41, 5.74) is 0.240. The molecule has 0 spiro atoms. The molecule has 0 aromatic carbocycles. The third kappa shape index (κ3) is 3.57. The number of rotatable bonds is 4. The molecule has 2 atom stereocenters. The number of thioether (sulfide) groups is 1. The van der Waals surface area contributed by atoms with Crippen LogP contribution in [0.1, 0.15) is 24.3 Å². The molecular formula is C12H17N3O3S. The Balaban J connectivity index is 1.98. The molecule has 19 heavy (non-hydrogen) atoms. The quantitative estimate of drug-likeness (QED) is 0.519. The summed E-state index contributed by atoms with van der Waals surface area (Å²) in [6.07, 6.45) is 1.25. The van der Waals surface area contributed by atoms with Gasteiger partial charge in [-0.15, -0.1) is 0 Å². The van der Waals surface area contributed by atoms with Crippen molar-refractivity contribution < 1.29 is 9.72 Å². The van der Waals surface area contributed by atoms with E-state index in [2.05, 4.69) is 23.7 Å². The molecule has 0 bridgehead atoms. The highest BCUT2D eigenvalue weighted by Gasteiger charge is 2.25. The number of hydrogen-bond acceptors (Lipinski definition) is 5. The second kappa shape index (κ2) is 5.75. The third-order valence-electron chi connectivity index (χ3n) is 3.04. The van der Waals surface area contributed by atoms with Gasteiger partial charge in [0.2, 0.25) is 0 Å². The number of nitro groups is 1. The summed E-state index contributed by atoms with van der Waals surface area (Å²) >= 11 is 1.93. The first-order valence-corrected chi connectivity index (χ1v) is 7.14. The summed E-state index contributed by atoms with van der Waals surface area (Å²) in [6, 6.07) is 1.30. The van der Waals surface area contributed by atoms with E-state index in [0.29, 0.717) is 22.7 Å². The Morgan fingerprint density at radius 3 is 2.68 bits per heavy atom. The molecule has 1 fully saturated rings. The monoisotopic (exact) mass is 283 g/mol. The largest absolute Gasteiger partial charge is 0.353 e. The lowest BCUT2D eigenvalue weighted by atomic mass is 10.2. The number of nitrogens with zero attached hydrogens (tertiary/aromatic N) is 2. The number of aromatic amines is 1. The fourth-order valence-electron chi connectivity index (χ4n) is 2.35. The van der Waals surface area contributed by atoms with E-state index in [0.717, 1.165) is 13.1 Å². The van der Waals surface area contributed by atoms with Crippen molar-refractivity contribution in [2.45, 2.75) is 24.3 Å². The van der Waals surface area contributed by atoms with Crippen LogP contribution < -0.4 is 0 Å². The molecule has 1 aromatic heterocycles. The van der Waals surface area contributed by atoms with Gasteiger partial charge in [0.25, 0.3) is 5.69 Å². The van der Waals surface area contributed by atoms with Gasteiger partial charge in [0.15, 0.2) is 5.78 Å². The normalized spacial score (nSPS) is 24.3. The Morgan fingerprint density at radius 1 is 1.53 bits per heavy atom. The smallest absolute Gasteiger partial charge is 0.287 e. The van der Waals surface area contributed by atoms with Crippen LogP contribution in [-0.2, 0) is 0 Å². The maximum Gasteiger partial charge on any atom is 0.287 e. The standard InChI is InChI=1S/C12H17N3O3S/c1-8-5-14(6-9(2)19-8)7-12(16)11-3-10(4-13-11)15(17)18/h3-4,8-9,13H,5-7H2,1-2H3. The summed E-state index contributed by atoms with van der Waals surface area (Å²) in [5.74, 6) is -0.0978. The molecule has 1 aliphatic heterocycles. The molecule has 2 heterocycles. The molecule has 0 saturated carbocycles.